The Bertz CT molecular complexity index is 694. The van der Waals surface area contributed by atoms with Crippen molar-refractivity contribution in [3.05, 3.63) is 35.1 Å². The Morgan fingerprint density at radius 3 is 2.38 bits per heavy atom. The number of carbonyl (C=O) groups is 1. The molecule has 0 radical (unpaired) electrons. The van der Waals surface area contributed by atoms with Gasteiger partial charge in [-0.05, 0) is 63.6 Å². The summed E-state index contributed by atoms with van der Waals surface area (Å²) in [7, 11) is 0. The van der Waals surface area contributed by atoms with Crippen LogP contribution in [0.2, 0.25) is 0 Å². The van der Waals surface area contributed by atoms with Crippen molar-refractivity contribution < 1.29 is 27.1 Å². The third-order valence-electron chi connectivity index (χ3n) is 5.03. The summed E-state index contributed by atoms with van der Waals surface area (Å²) >= 11 is 0. The molecule has 0 aromatic heterocycles. The van der Waals surface area contributed by atoms with Crippen LogP contribution in [0.25, 0.3) is 0 Å². The van der Waals surface area contributed by atoms with E-state index >= 15 is 0 Å². The van der Waals surface area contributed by atoms with Crippen molar-refractivity contribution in [2.24, 2.45) is 11.3 Å². The van der Waals surface area contributed by atoms with E-state index in [2.05, 4.69) is 0 Å². The van der Waals surface area contributed by atoms with E-state index in [1.54, 1.807) is 25.7 Å². The molecule has 0 unspecified atom stereocenters. The molecule has 1 heterocycles. The average molecular weight is 373 g/mol. The number of halogens is 4. The van der Waals surface area contributed by atoms with Crippen LogP contribution in [0.5, 0.6) is 0 Å². The Balaban J connectivity index is 1.54. The number of ether oxygens (including phenoxy) is 1. The van der Waals surface area contributed by atoms with Crippen molar-refractivity contribution in [3.8, 4) is 0 Å². The monoisotopic (exact) mass is 373 g/mol. The van der Waals surface area contributed by atoms with Gasteiger partial charge in [0.2, 0.25) is 0 Å². The second-order valence-corrected chi connectivity index (χ2v) is 8.61. The van der Waals surface area contributed by atoms with E-state index < -0.39 is 23.2 Å². The van der Waals surface area contributed by atoms with E-state index in [1.165, 1.54) is 6.07 Å². The largest absolute Gasteiger partial charge is 0.444 e. The molecule has 3 nitrogen and oxygen atoms in total. The summed E-state index contributed by atoms with van der Waals surface area (Å²) < 4.78 is 57.7. The van der Waals surface area contributed by atoms with E-state index in [1.807, 2.05) is 0 Å². The predicted molar refractivity (Wildman–Crippen MR) is 88.1 cm³/mol. The van der Waals surface area contributed by atoms with Crippen molar-refractivity contribution in [2.45, 2.75) is 51.8 Å². The van der Waals surface area contributed by atoms with Gasteiger partial charge in [-0.25, -0.2) is 9.18 Å². The first-order valence-corrected chi connectivity index (χ1v) is 8.70. The fourth-order valence-electron chi connectivity index (χ4n) is 4.09. The molecule has 1 spiro atoms. The van der Waals surface area contributed by atoms with Gasteiger partial charge in [0.15, 0.2) is 0 Å². The summed E-state index contributed by atoms with van der Waals surface area (Å²) in [5, 5.41) is 0. The number of hydrogen-bond acceptors (Lipinski definition) is 2. The van der Waals surface area contributed by atoms with Gasteiger partial charge < -0.3 is 9.64 Å². The number of rotatable bonds is 2. The topological polar surface area (TPSA) is 29.5 Å². The summed E-state index contributed by atoms with van der Waals surface area (Å²) in [6.45, 7) is 6.60. The minimum absolute atomic E-state index is 0.0139. The number of carbonyl (C=O) groups excluding carboxylic acids is 1. The van der Waals surface area contributed by atoms with Crippen LogP contribution in [-0.4, -0.2) is 29.7 Å². The number of benzene rings is 1. The van der Waals surface area contributed by atoms with Gasteiger partial charge in [0, 0.05) is 18.5 Å². The summed E-state index contributed by atoms with van der Waals surface area (Å²) in [6.07, 6.45) is -3.06. The molecule has 1 saturated carbocycles. The lowest BCUT2D eigenvalue weighted by molar-refractivity contribution is -0.139. The Kier molecular flexibility index (Phi) is 4.48. The third kappa shape index (κ3) is 3.96. The molecule has 2 fully saturated rings. The molecule has 1 saturated heterocycles. The lowest BCUT2D eigenvalue weighted by atomic mass is 9.56. The standard InChI is InChI=1S/C19H23F4NO2/c1-17(2,3)26-16(25)24-10-18(11-24)8-12(9-18)6-13-4-5-14(20)7-15(13)19(21,22)23/h4-5,7,12H,6,8-11H2,1-3H3. The van der Waals surface area contributed by atoms with E-state index in [0.29, 0.717) is 19.2 Å². The number of likely N-dealkylation sites (tertiary alicyclic amines) is 1. The highest BCUT2D eigenvalue weighted by Crippen LogP contribution is 2.53. The average Bonchev–Trinajstić information content (AvgIpc) is 2.38. The van der Waals surface area contributed by atoms with Crippen LogP contribution in [0.4, 0.5) is 22.4 Å². The molecule has 144 valence electrons. The molecule has 0 atom stereocenters. The Hall–Kier alpha value is -1.79. The van der Waals surface area contributed by atoms with Crippen molar-refractivity contribution in [1.29, 1.82) is 0 Å². The number of hydrogen-bond donors (Lipinski definition) is 0. The van der Waals surface area contributed by atoms with Crippen LogP contribution in [0.3, 0.4) is 0 Å². The zero-order valence-electron chi connectivity index (χ0n) is 15.1. The lowest BCUT2D eigenvalue weighted by Crippen LogP contribution is -2.64. The lowest BCUT2D eigenvalue weighted by Gasteiger charge is -2.59. The van der Waals surface area contributed by atoms with Gasteiger partial charge in [0.25, 0.3) is 0 Å². The maximum Gasteiger partial charge on any atom is 0.416 e. The fraction of sp³-hybridized carbons (Fsp3) is 0.632. The number of nitrogens with zero attached hydrogens (tertiary/aromatic N) is 1. The molecule has 26 heavy (non-hydrogen) atoms. The van der Waals surface area contributed by atoms with E-state index in [-0.39, 0.29) is 29.4 Å². The minimum Gasteiger partial charge on any atom is -0.444 e. The smallest absolute Gasteiger partial charge is 0.416 e. The summed E-state index contributed by atoms with van der Waals surface area (Å²) in [6, 6.07) is 2.88. The van der Waals surface area contributed by atoms with Crippen molar-refractivity contribution in [2.75, 3.05) is 13.1 Å². The van der Waals surface area contributed by atoms with Gasteiger partial charge in [-0.2, -0.15) is 13.2 Å². The van der Waals surface area contributed by atoms with Crippen LogP contribution in [-0.2, 0) is 17.3 Å². The Morgan fingerprint density at radius 1 is 1.23 bits per heavy atom. The summed E-state index contributed by atoms with van der Waals surface area (Å²) in [5.74, 6) is -0.750. The van der Waals surface area contributed by atoms with Crippen LogP contribution < -0.4 is 0 Å². The quantitative estimate of drug-likeness (QED) is 0.680. The third-order valence-corrected chi connectivity index (χ3v) is 5.03. The highest BCUT2D eigenvalue weighted by atomic mass is 19.4. The first-order chi connectivity index (χ1) is 11.9. The molecule has 1 aliphatic carbocycles. The molecule has 0 N–H and O–H groups in total. The van der Waals surface area contributed by atoms with Gasteiger partial charge in [0.1, 0.15) is 11.4 Å². The zero-order chi connectivity index (χ0) is 19.3. The van der Waals surface area contributed by atoms with Gasteiger partial charge in [-0.1, -0.05) is 6.07 Å². The summed E-state index contributed by atoms with van der Waals surface area (Å²) in [5.41, 5.74) is -1.28. The maximum absolute atomic E-state index is 13.2. The van der Waals surface area contributed by atoms with Crippen molar-refractivity contribution in [1.82, 2.24) is 4.90 Å². The molecule has 0 bridgehead atoms. The molecule has 1 amide bonds. The number of amides is 1. The van der Waals surface area contributed by atoms with E-state index in [4.69, 9.17) is 4.74 Å². The molecular weight excluding hydrogens is 350 g/mol. The molecule has 2 aliphatic rings. The van der Waals surface area contributed by atoms with Crippen LogP contribution in [0.1, 0.15) is 44.7 Å². The molecule has 3 rings (SSSR count). The van der Waals surface area contributed by atoms with Crippen LogP contribution >= 0.6 is 0 Å². The van der Waals surface area contributed by atoms with Crippen LogP contribution in [0, 0.1) is 17.2 Å². The second-order valence-electron chi connectivity index (χ2n) is 8.61. The van der Waals surface area contributed by atoms with Crippen molar-refractivity contribution >= 4 is 6.09 Å². The first kappa shape index (κ1) is 19.0. The Morgan fingerprint density at radius 2 is 1.85 bits per heavy atom. The van der Waals surface area contributed by atoms with Crippen LogP contribution in [0.15, 0.2) is 18.2 Å². The zero-order valence-corrected chi connectivity index (χ0v) is 15.1. The molecular formula is C19H23F4NO2. The highest BCUT2D eigenvalue weighted by molar-refractivity contribution is 5.69. The Labute approximate surface area is 150 Å². The van der Waals surface area contributed by atoms with E-state index in [9.17, 15) is 22.4 Å². The maximum atomic E-state index is 13.2. The van der Waals surface area contributed by atoms with Crippen molar-refractivity contribution in [3.63, 3.8) is 0 Å². The molecule has 7 heteroatoms. The van der Waals surface area contributed by atoms with Gasteiger partial charge in [-0.15, -0.1) is 0 Å². The normalized spacial score (nSPS) is 19.9. The van der Waals surface area contributed by atoms with Gasteiger partial charge in [0.05, 0.1) is 5.56 Å². The summed E-state index contributed by atoms with van der Waals surface area (Å²) in [4.78, 5) is 13.6. The molecule has 1 aromatic carbocycles. The molecule has 1 aromatic rings. The number of alkyl halides is 3. The second kappa shape index (κ2) is 6.13. The fourth-order valence-corrected chi connectivity index (χ4v) is 4.09. The van der Waals surface area contributed by atoms with Gasteiger partial charge in [-0.3, -0.25) is 0 Å². The predicted octanol–water partition coefficient (Wildman–Crippen LogP) is 5.03. The van der Waals surface area contributed by atoms with Gasteiger partial charge >= 0.3 is 12.3 Å². The molecule has 1 aliphatic heterocycles. The first-order valence-electron chi connectivity index (χ1n) is 8.70. The highest BCUT2D eigenvalue weighted by Gasteiger charge is 2.54. The minimum atomic E-state index is -4.55. The van der Waals surface area contributed by atoms with E-state index in [0.717, 1.165) is 18.9 Å². The SMILES string of the molecule is CC(C)(C)OC(=O)N1CC2(CC(Cc3ccc(F)cc3C(F)(F)F)C2)C1.